The van der Waals surface area contributed by atoms with Crippen LogP contribution in [0.4, 0.5) is 0 Å². The van der Waals surface area contributed by atoms with E-state index in [1.165, 1.54) is 3.57 Å². The standard InChI is InChI=1S/C17H12INO/c18-15-7-8-16-14(12-15)10-11-19(16)17(20)9-6-13-4-2-1-3-5-13/h1-12H/b9-6+/i18-2. The van der Waals surface area contributed by atoms with Crippen LogP contribution in [0.5, 0.6) is 0 Å². The number of fused-ring (bicyclic) bond motifs is 1. The quantitative estimate of drug-likeness (QED) is 0.477. The molecular weight excluding hydrogens is 359 g/mol. The molecule has 0 saturated heterocycles. The Balaban J connectivity index is 1.91. The predicted octanol–water partition coefficient (Wildman–Crippen LogP) is 4.60. The molecule has 2 aromatic carbocycles. The third-order valence-corrected chi connectivity index (χ3v) is 3.78. The zero-order valence-electron chi connectivity index (χ0n) is 10.7. The molecule has 20 heavy (non-hydrogen) atoms. The Kier molecular flexibility index (Phi) is 3.69. The van der Waals surface area contributed by atoms with Crippen molar-refractivity contribution >= 4 is 45.5 Å². The van der Waals surface area contributed by atoms with Crippen LogP contribution in [0.1, 0.15) is 10.4 Å². The van der Waals surface area contributed by atoms with Crippen LogP contribution >= 0.6 is 22.6 Å². The molecule has 0 aliphatic rings. The molecule has 1 aromatic heterocycles. The Morgan fingerprint density at radius 2 is 1.85 bits per heavy atom. The van der Waals surface area contributed by atoms with E-state index in [0.29, 0.717) is 0 Å². The Morgan fingerprint density at radius 3 is 2.65 bits per heavy atom. The molecule has 0 spiro atoms. The van der Waals surface area contributed by atoms with E-state index < -0.39 is 0 Å². The van der Waals surface area contributed by atoms with Crippen LogP contribution in [0.15, 0.2) is 66.9 Å². The Labute approximate surface area is 130 Å². The lowest BCUT2D eigenvalue weighted by Gasteiger charge is -2.00. The van der Waals surface area contributed by atoms with Crippen LogP contribution in [-0.2, 0) is 0 Å². The van der Waals surface area contributed by atoms with E-state index in [1.54, 1.807) is 10.6 Å². The number of allylic oxidation sites excluding steroid dienone is 1. The average molecular weight is 371 g/mol. The van der Waals surface area contributed by atoms with Gasteiger partial charge in [0.2, 0.25) is 0 Å². The highest BCUT2D eigenvalue weighted by Gasteiger charge is 2.06. The van der Waals surface area contributed by atoms with E-state index in [9.17, 15) is 4.79 Å². The number of hydrogen-bond donors (Lipinski definition) is 0. The predicted molar refractivity (Wildman–Crippen MR) is 90.8 cm³/mol. The van der Waals surface area contributed by atoms with Crippen LogP contribution in [0, 0.1) is 3.57 Å². The highest BCUT2D eigenvalue weighted by molar-refractivity contribution is 14.1. The summed E-state index contributed by atoms with van der Waals surface area (Å²) in [5.74, 6) is -0.0370. The maximum absolute atomic E-state index is 12.3. The van der Waals surface area contributed by atoms with E-state index in [0.717, 1.165) is 16.5 Å². The maximum Gasteiger partial charge on any atom is 0.255 e. The van der Waals surface area contributed by atoms with Gasteiger partial charge in [0, 0.05) is 21.2 Å². The monoisotopic (exact) mass is 371 g/mol. The molecule has 3 heteroatoms. The van der Waals surface area contributed by atoms with Crippen molar-refractivity contribution in [3.63, 3.8) is 0 Å². The summed E-state index contributed by atoms with van der Waals surface area (Å²) >= 11 is 2.27. The van der Waals surface area contributed by atoms with Gasteiger partial charge in [-0.1, -0.05) is 30.3 Å². The van der Waals surface area contributed by atoms with Gasteiger partial charge in [-0.2, -0.15) is 0 Å². The van der Waals surface area contributed by atoms with E-state index in [1.807, 2.05) is 60.8 Å². The number of aromatic nitrogens is 1. The SMILES string of the molecule is O=C(/C=C/c1ccccc1)n1ccc2cc([125I])ccc21. The van der Waals surface area contributed by atoms with Gasteiger partial charge in [-0.25, -0.2) is 0 Å². The number of rotatable bonds is 2. The molecule has 1 heterocycles. The topological polar surface area (TPSA) is 22.0 Å². The first-order valence-corrected chi connectivity index (χ1v) is 7.36. The summed E-state index contributed by atoms with van der Waals surface area (Å²) in [6.45, 7) is 0. The molecule has 0 aliphatic carbocycles. The number of benzene rings is 2. The fourth-order valence-electron chi connectivity index (χ4n) is 2.12. The van der Waals surface area contributed by atoms with Crippen LogP contribution < -0.4 is 0 Å². The first-order chi connectivity index (χ1) is 9.74. The average Bonchev–Trinajstić information content (AvgIpc) is 2.89. The molecule has 0 atom stereocenters. The van der Waals surface area contributed by atoms with Gasteiger partial charge in [0.05, 0.1) is 5.52 Å². The number of halogens is 1. The zero-order chi connectivity index (χ0) is 13.9. The number of nitrogens with zero attached hydrogens (tertiary/aromatic N) is 1. The fourth-order valence-corrected chi connectivity index (χ4v) is 2.63. The molecule has 0 saturated carbocycles. The Morgan fingerprint density at radius 1 is 1.05 bits per heavy atom. The summed E-state index contributed by atoms with van der Waals surface area (Å²) < 4.78 is 2.84. The molecule has 2 nitrogen and oxygen atoms in total. The summed E-state index contributed by atoms with van der Waals surface area (Å²) in [4.78, 5) is 12.3. The third kappa shape index (κ3) is 2.67. The number of carbonyl (C=O) groups excluding carboxylic acids is 1. The summed E-state index contributed by atoms with van der Waals surface area (Å²) in [5, 5.41) is 1.08. The summed E-state index contributed by atoms with van der Waals surface area (Å²) in [6.07, 6.45) is 5.26. The van der Waals surface area contributed by atoms with E-state index in [4.69, 9.17) is 0 Å². The molecule has 3 rings (SSSR count). The van der Waals surface area contributed by atoms with Crippen LogP contribution in [0.3, 0.4) is 0 Å². The largest absolute Gasteiger partial charge is 0.284 e. The van der Waals surface area contributed by atoms with Gasteiger partial charge in [0.15, 0.2) is 0 Å². The first kappa shape index (κ1) is 13.1. The van der Waals surface area contributed by atoms with E-state index in [2.05, 4.69) is 28.7 Å². The molecular formula is C17H12INO. The maximum atomic E-state index is 12.3. The highest BCUT2D eigenvalue weighted by Crippen LogP contribution is 2.19. The molecule has 0 amide bonds. The molecule has 98 valence electrons. The summed E-state index contributed by atoms with van der Waals surface area (Å²) in [7, 11) is 0. The highest BCUT2D eigenvalue weighted by atomic mass is 125. The minimum atomic E-state index is -0.0370. The zero-order valence-corrected chi connectivity index (χ0v) is 12.8. The van der Waals surface area contributed by atoms with Gasteiger partial charge in [-0.05, 0) is 58.5 Å². The van der Waals surface area contributed by atoms with Crippen molar-refractivity contribution in [3.05, 3.63) is 76.0 Å². The third-order valence-electron chi connectivity index (χ3n) is 3.11. The number of hydrogen-bond acceptors (Lipinski definition) is 1. The van der Waals surface area contributed by atoms with Crippen molar-refractivity contribution in [1.82, 2.24) is 4.57 Å². The molecule has 0 fully saturated rings. The van der Waals surface area contributed by atoms with Crippen LogP contribution in [0.2, 0.25) is 0 Å². The Hall–Kier alpha value is -1.88. The van der Waals surface area contributed by atoms with Crippen molar-refractivity contribution in [2.45, 2.75) is 0 Å². The molecule has 0 radical (unpaired) electrons. The lowest BCUT2D eigenvalue weighted by molar-refractivity contribution is 0.0975. The molecule has 3 aromatic rings. The second-order valence-corrected chi connectivity index (χ2v) is 5.72. The lowest BCUT2D eigenvalue weighted by atomic mass is 10.2. The van der Waals surface area contributed by atoms with E-state index in [-0.39, 0.29) is 5.91 Å². The minimum Gasteiger partial charge on any atom is -0.284 e. The smallest absolute Gasteiger partial charge is 0.255 e. The van der Waals surface area contributed by atoms with Crippen molar-refractivity contribution < 1.29 is 4.79 Å². The summed E-state index contributed by atoms with van der Waals surface area (Å²) in [5.41, 5.74) is 1.96. The normalized spacial score (nSPS) is 11.2. The molecule has 0 aliphatic heterocycles. The van der Waals surface area contributed by atoms with Gasteiger partial charge >= 0.3 is 0 Å². The second-order valence-electron chi connectivity index (χ2n) is 4.47. The Bertz CT molecular complexity index is 787. The van der Waals surface area contributed by atoms with Crippen molar-refractivity contribution in [2.75, 3.05) is 0 Å². The van der Waals surface area contributed by atoms with Gasteiger partial charge in [-0.3, -0.25) is 9.36 Å². The first-order valence-electron chi connectivity index (χ1n) is 6.28. The van der Waals surface area contributed by atoms with Crippen LogP contribution in [-0.4, -0.2) is 10.5 Å². The second kappa shape index (κ2) is 5.63. The van der Waals surface area contributed by atoms with Gasteiger partial charge in [0.25, 0.3) is 5.91 Å². The van der Waals surface area contributed by atoms with Gasteiger partial charge < -0.3 is 0 Å². The van der Waals surface area contributed by atoms with Gasteiger partial charge in [0.1, 0.15) is 0 Å². The van der Waals surface area contributed by atoms with Crippen molar-refractivity contribution in [1.29, 1.82) is 0 Å². The van der Waals surface area contributed by atoms with Crippen molar-refractivity contribution in [3.8, 4) is 0 Å². The van der Waals surface area contributed by atoms with Crippen molar-refractivity contribution in [2.24, 2.45) is 0 Å². The molecule has 0 bridgehead atoms. The fraction of sp³-hybridized carbons (Fsp3) is 0. The minimum absolute atomic E-state index is 0.0370. The molecule has 0 unspecified atom stereocenters. The van der Waals surface area contributed by atoms with E-state index >= 15 is 0 Å². The van der Waals surface area contributed by atoms with Crippen LogP contribution in [0.25, 0.3) is 17.0 Å². The van der Waals surface area contributed by atoms with Gasteiger partial charge in [-0.15, -0.1) is 0 Å². The lowest BCUT2D eigenvalue weighted by Crippen LogP contribution is -2.04. The number of carbonyl (C=O) groups is 1. The summed E-state index contributed by atoms with van der Waals surface area (Å²) in [6, 6.07) is 17.8. The molecule has 0 N–H and O–H groups in total.